The maximum Gasteiger partial charge on any atom is 0.242 e. The summed E-state index contributed by atoms with van der Waals surface area (Å²) < 4.78 is 26.9. The minimum absolute atomic E-state index is 0.278. The topological polar surface area (TPSA) is 49.4 Å². The molecule has 1 saturated heterocycles. The van der Waals surface area contributed by atoms with Crippen molar-refractivity contribution in [2.75, 3.05) is 20.1 Å². The molecule has 1 atom stereocenters. The standard InChI is InChI=1S/C12H17BrN2O2S/c1-15(9-11-3-2-8-14-11)18(16,17)12-6-4-10(13)5-7-12/h4-7,11,14H,2-3,8-9H2,1H3. The number of hydrogen-bond donors (Lipinski definition) is 1. The van der Waals surface area contributed by atoms with Crippen LogP contribution >= 0.6 is 15.9 Å². The van der Waals surface area contributed by atoms with Crippen LogP contribution in [0.2, 0.25) is 0 Å². The Labute approximate surface area is 117 Å². The van der Waals surface area contributed by atoms with Gasteiger partial charge in [-0.25, -0.2) is 8.42 Å². The van der Waals surface area contributed by atoms with Crippen molar-refractivity contribution in [3.63, 3.8) is 0 Å². The third kappa shape index (κ3) is 3.12. The zero-order chi connectivity index (χ0) is 13.2. The second-order valence-electron chi connectivity index (χ2n) is 4.53. The van der Waals surface area contributed by atoms with Crippen LogP contribution < -0.4 is 5.32 Å². The quantitative estimate of drug-likeness (QED) is 0.914. The maximum atomic E-state index is 12.3. The number of rotatable bonds is 4. The summed E-state index contributed by atoms with van der Waals surface area (Å²) in [6.07, 6.45) is 2.16. The first-order valence-corrected chi connectivity index (χ1v) is 8.19. The molecule has 1 heterocycles. The van der Waals surface area contributed by atoms with Crippen LogP contribution in [0.1, 0.15) is 12.8 Å². The average molecular weight is 333 g/mol. The van der Waals surface area contributed by atoms with E-state index < -0.39 is 10.0 Å². The molecule has 1 aliphatic heterocycles. The highest BCUT2D eigenvalue weighted by Crippen LogP contribution is 2.19. The van der Waals surface area contributed by atoms with Gasteiger partial charge in [0.2, 0.25) is 10.0 Å². The van der Waals surface area contributed by atoms with Crippen LogP contribution in [0, 0.1) is 0 Å². The van der Waals surface area contributed by atoms with E-state index in [1.54, 1.807) is 31.3 Å². The predicted molar refractivity (Wildman–Crippen MR) is 75.0 cm³/mol. The predicted octanol–water partition coefficient (Wildman–Crippen LogP) is 1.82. The van der Waals surface area contributed by atoms with E-state index in [9.17, 15) is 8.42 Å². The van der Waals surface area contributed by atoms with Crippen LogP contribution in [-0.4, -0.2) is 38.9 Å². The van der Waals surface area contributed by atoms with E-state index in [0.717, 1.165) is 23.9 Å². The summed E-state index contributed by atoms with van der Waals surface area (Å²) in [5.41, 5.74) is 0. The lowest BCUT2D eigenvalue weighted by Gasteiger charge is -2.21. The lowest BCUT2D eigenvalue weighted by Crippen LogP contribution is -2.38. The van der Waals surface area contributed by atoms with E-state index in [1.807, 2.05) is 0 Å². The van der Waals surface area contributed by atoms with Gasteiger partial charge in [-0.3, -0.25) is 0 Å². The molecule has 0 aromatic heterocycles. The highest BCUT2D eigenvalue weighted by molar-refractivity contribution is 9.10. The molecule has 0 amide bonds. The van der Waals surface area contributed by atoms with Gasteiger partial charge in [0.25, 0.3) is 0 Å². The fraction of sp³-hybridized carbons (Fsp3) is 0.500. The van der Waals surface area contributed by atoms with Crippen molar-refractivity contribution in [1.29, 1.82) is 0 Å². The van der Waals surface area contributed by atoms with Gasteiger partial charge in [-0.15, -0.1) is 0 Å². The molecule has 6 heteroatoms. The Morgan fingerprint density at radius 1 is 1.39 bits per heavy atom. The van der Waals surface area contributed by atoms with Gasteiger partial charge in [0, 0.05) is 24.1 Å². The number of sulfonamides is 1. The molecule has 0 radical (unpaired) electrons. The van der Waals surface area contributed by atoms with Gasteiger partial charge in [-0.05, 0) is 43.7 Å². The highest BCUT2D eigenvalue weighted by atomic mass is 79.9. The lowest BCUT2D eigenvalue weighted by molar-refractivity contribution is 0.417. The number of nitrogens with one attached hydrogen (secondary N) is 1. The molecule has 1 aromatic rings. The van der Waals surface area contributed by atoms with Crippen LogP contribution in [0.15, 0.2) is 33.6 Å². The molecule has 18 heavy (non-hydrogen) atoms. The maximum absolute atomic E-state index is 12.3. The third-order valence-electron chi connectivity index (χ3n) is 3.16. The molecule has 2 rings (SSSR count). The van der Waals surface area contributed by atoms with E-state index in [0.29, 0.717) is 11.4 Å². The van der Waals surface area contributed by atoms with Gasteiger partial charge in [-0.2, -0.15) is 4.31 Å². The Morgan fingerprint density at radius 2 is 2.06 bits per heavy atom. The summed E-state index contributed by atoms with van der Waals surface area (Å²) >= 11 is 3.30. The van der Waals surface area contributed by atoms with Crippen molar-refractivity contribution in [1.82, 2.24) is 9.62 Å². The number of benzene rings is 1. The highest BCUT2D eigenvalue weighted by Gasteiger charge is 2.24. The molecule has 1 N–H and O–H groups in total. The molecule has 100 valence electrons. The van der Waals surface area contributed by atoms with Crippen LogP contribution in [0.3, 0.4) is 0 Å². The second kappa shape index (κ2) is 5.69. The summed E-state index contributed by atoms with van der Waals surface area (Å²) in [5, 5.41) is 3.31. The van der Waals surface area contributed by atoms with E-state index in [-0.39, 0.29) is 6.04 Å². The summed E-state index contributed by atoms with van der Waals surface area (Å²) in [7, 11) is -1.73. The monoisotopic (exact) mass is 332 g/mol. The van der Waals surface area contributed by atoms with Crippen LogP contribution in [0.5, 0.6) is 0 Å². The summed E-state index contributed by atoms with van der Waals surface area (Å²) in [6, 6.07) is 7.01. The van der Waals surface area contributed by atoms with E-state index in [2.05, 4.69) is 21.2 Å². The zero-order valence-corrected chi connectivity index (χ0v) is 12.7. The first-order valence-electron chi connectivity index (χ1n) is 5.95. The van der Waals surface area contributed by atoms with Crippen molar-refractivity contribution < 1.29 is 8.42 Å². The Morgan fingerprint density at radius 3 is 2.61 bits per heavy atom. The van der Waals surface area contributed by atoms with Crippen molar-refractivity contribution >= 4 is 26.0 Å². The molecule has 1 aliphatic rings. The van der Waals surface area contributed by atoms with Gasteiger partial charge in [0.1, 0.15) is 0 Å². The second-order valence-corrected chi connectivity index (χ2v) is 7.49. The number of nitrogens with zero attached hydrogens (tertiary/aromatic N) is 1. The average Bonchev–Trinajstić information content (AvgIpc) is 2.82. The molecule has 1 unspecified atom stereocenters. The number of hydrogen-bond acceptors (Lipinski definition) is 3. The Kier molecular flexibility index (Phi) is 4.42. The number of halogens is 1. The van der Waals surface area contributed by atoms with Crippen LogP contribution in [-0.2, 0) is 10.0 Å². The Balaban J connectivity index is 2.11. The summed E-state index contributed by atoms with van der Waals surface area (Å²) in [5.74, 6) is 0. The minimum Gasteiger partial charge on any atom is -0.313 e. The molecule has 0 spiro atoms. The molecular formula is C12H17BrN2O2S. The molecule has 1 fully saturated rings. The third-order valence-corrected chi connectivity index (χ3v) is 5.53. The fourth-order valence-electron chi connectivity index (χ4n) is 2.11. The van der Waals surface area contributed by atoms with Gasteiger partial charge in [-0.1, -0.05) is 15.9 Å². The smallest absolute Gasteiger partial charge is 0.242 e. The summed E-state index contributed by atoms with van der Waals surface area (Å²) in [6.45, 7) is 1.51. The molecule has 0 aliphatic carbocycles. The molecule has 0 saturated carbocycles. The molecule has 0 bridgehead atoms. The zero-order valence-electron chi connectivity index (χ0n) is 10.3. The first kappa shape index (κ1) is 14.0. The molecular weight excluding hydrogens is 316 g/mol. The summed E-state index contributed by atoms with van der Waals surface area (Å²) in [4.78, 5) is 0.339. The largest absolute Gasteiger partial charge is 0.313 e. The van der Waals surface area contributed by atoms with E-state index >= 15 is 0 Å². The Bertz CT molecular complexity index is 495. The van der Waals surface area contributed by atoms with Crippen molar-refractivity contribution in [2.45, 2.75) is 23.8 Å². The normalized spacial score (nSPS) is 20.5. The van der Waals surface area contributed by atoms with Crippen LogP contribution in [0.25, 0.3) is 0 Å². The van der Waals surface area contributed by atoms with Gasteiger partial charge in [0.15, 0.2) is 0 Å². The number of likely N-dealkylation sites (N-methyl/N-ethyl adjacent to an activating group) is 1. The van der Waals surface area contributed by atoms with E-state index in [1.165, 1.54) is 4.31 Å². The van der Waals surface area contributed by atoms with Gasteiger partial charge < -0.3 is 5.32 Å². The lowest BCUT2D eigenvalue weighted by atomic mass is 10.2. The van der Waals surface area contributed by atoms with Crippen molar-refractivity contribution in [3.05, 3.63) is 28.7 Å². The van der Waals surface area contributed by atoms with Crippen molar-refractivity contribution in [3.8, 4) is 0 Å². The molecule has 4 nitrogen and oxygen atoms in total. The van der Waals surface area contributed by atoms with Gasteiger partial charge in [0.05, 0.1) is 4.90 Å². The minimum atomic E-state index is -3.37. The first-order chi connectivity index (χ1) is 8.50. The fourth-order valence-corrected chi connectivity index (χ4v) is 3.59. The van der Waals surface area contributed by atoms with Crippen LogP contribution in [0.4, 0.5) is 0 Å². The van der Waals surface area contributed by atoms with E-state index in [4.69, 9.17) is 0 Å². The Hall–Kier alpha value is -0.430. The SMILES string of the molecule is CN(CC1CCCN1)S(=O)(=O)c1ccc(Br)cc1. The molecule has 1 aromatic carbocycles. The van der Waals surface area contributed by atoms with Gasteiger partial charge >= 0.3 is 0 Å². The van der Waals surface area contributed by atoms with Crippen molar-refractivity contribution in [2.24, 2.45) is 0 Å².